The van der Waals surface area contributed by atoms with Crippen LogP contribution in [-0.4, -0.2) is 9.55 Å². The fraction of sp³-hybridized carbons (Fsp3) is 0.276. The number of imidazole rings is 1. The first-order chi connectivity index (χ1) is 15.0. The van der Waals surface area contributed by atoms with Crippen LogP contribution in [0.25, 0.3) is 28.2 Å². The molecule has 2 nitrogen and oxygen atoms in total. The van der Waals surface area contributed by atoms with E-state index in [-0.39, 0.29) is 0 Å². The van der Waals surface area contributed by atoms with Gasteiger partial charge in [0.2, 0.25) is 0 Å². The molecule has 0 aliphatic carbocycles. The highest BCUT2D eigenvalue weighted by atomic mass is 15.1. The van der Waals surface area contributed by atoms with Crippen LogP contribution in [0.1, 0.15) is 63.1 Å². The Bertz CT molecular complexity index is 1140. The molecular weight excluding hydrogens is 376 g/mol. The Hall–Kier alpha value is -3.13. The van der Waals surface area contributed by atoms with Crippen molar-refractivity contribution in [2.75, 3.05) is 0 Å². The van der Waals surface area contributed by atoms with Gasteiger partial charge in [-0.25, -0.2) is 4.98 Å². The lowest BCUT2D eigenvalue weighted by atomic mass is 9.88. The van der Waals surface area contributed by atoms with Crippen molar-refractivity contribution >= 4 is 0 Å². The van der Waals surface area contributed by atoms with Gasteiger partial charge in [-0.1, -0.05) is 89.2 Å². The summed E-state index contributed by atoms with van der Waals surface area (Å²) in [6.07, 6.45) is 5.04. The maximum atomic E-state index is 4.82. The van der Waals surface area contributed by atoms with Gasteiger partial charge in [0.25, 0.3) is 0 Å². The predicted molar refractivity (Wildman–Crippen MR) is 132 cm³/mol. The minimum absolute atomic E-state index is 0.396. The van der Waals surface area contributed by atoms with Crippen molar-refractivity contribution in [1.82, 2.24) is 9.55 Å². The molecular formula is C29H32N2. The summed E-state index contributed by atoms with van der Waals surface area (Å²) in [6, 6.07) is 24.1. The highest BCUT2D eigenvalue weighted by molar-refractivity contribution is 5.72. The topological polar surface area (TPSA) is 17.8 Å². The lowest BCUT2D eigenvalue weighted by molar-refractivity contribution is 0.807. The molecule has 3 aromatic carbocycles. The summed E-state index contributed by atoms with van der Waals surface area (Å²) in [5.41, 5.74) is 9.09. The Morgan fingerprint density at radius 2 is 1.39 bits per heavy atom. The Labute approximate surface area is 186 Å². The smallest absolute Gasteiger partial charge is 0.144 e. The second kappa shape index (κ2) is 8.93. The molecule has 1 heterocycles. The minimum Gasteiger partial charge on any atom is -0.299 e. The Kier molecular flexibility index (Phi) is 6.08. The maximum Gasteiger partial charge on any atom is 0.144 e. The quantitative estimate of drug-likeness (QED) is 0.316. The lowest BCUT2D eigenvalue weighted by Crippen LogP contribution is -2.09. The average molecular weight is 409 g/mol. The van der Waals surface area contributed by atoms with Gasteiger partial charge in [0.15, 0.2) is 0 Å². The Morgan fingerprint density at radius 3 is 2.00 bits per heavy atom. The third kappa shape index (κ3) is 4.07. The molecule has 158 valence electrons. The molecule has 0 fully saturated rings. The molecule has 0 aliphatic heterocycles. The van der Waals surface area contributed by atoms with E-state index in [1.807, 2.05) is 6.20 Å². The maximum absolute atomic E-state index is 4.82. The first-order valence-electron chi connectivity index (χ1n) is 11.4. The van der Waals surface area contributed by atoms with Crippen LogP contribution >= 0.6 is 0 Å². The van der Waals surface area contributed by atoms with E-state index in [1.165, 1.54) is 39.1 Å². The summed E-state index contributed by atoms with van der Waals surface area (Å²) in [5.74, 6) is 1.81. The van der Waals surface area contributed by atoms with Crippen LogP contribution < -0.4 is 0 Å². The van der Waals surface area contributed by atoms with Gasteiger partial charge in [-0.2, -0.15) is 0 Å². The van der Waals surface area contributed by atoms with Crippen molar-refractivity contribution in [3.63, 3.8) is 0 Å². The fourth-order valence-electron chi connectivity index (χ4n) is 4.37. The summed E-state index contributed by atoms with van der Waals surface area (Å²) in [7, 11) is 0. The number of hydrogen-bond donors (Lipinski definition) is 0. The standard InChI is InChI=1S/C29H32N2/c1-6-22-12-10-11-15-25(22)29-30-16-17-31(29)28-26(20(2)3)18-24(19-27(28)21(4)5)23-13-8-7-9-14-23/h7-21H,6H2,1-5H3. The number of benzene rings is 3. The molecule has 1 aromatic heterocycles. The van der Waals surface area contributed by atoms with Crippen LogP contribution in [0.15, 0.2) is 79.1 Å². The molecule has 0 saturated heterocycles. The normalized spacial score (nSPS) is 11.5. The van der Waals surface area contributed by atoms with Crippen molar-refractivity contribution in [1.29, 1.82) is 0 Å². The molecule has 0 aliphatic rings. The van der Waals surface area contributed by atoms with Gasteiger partial charge in [-0.15, -0.1) is 0 Å². The van der Waals surface area contributed by atoms with Crippen LogP contribution in [0.2, 0.25) is 0 Å². The van der Waals surface area contributed by atoms with E-state index >= 15 is 0 Å². The van der Waals surface area contributed by atoms with Gasteiger partial charge in [-0.3, -0.25) is 4.57 Å². The van der Waals surface area contributed by atoms with Crippen molar-refractivity contribution in [3.05, 3.63) is 95.8 Å². The number of hydrogen-bond acceptors (Lipinski definition) is 1. The summed E-state index contributed by atoms with van der Waals surface area (Å²) in [6.45, 7) is 11.4. The molecule has 4 aromatic rings. The highest BCUT2D eigenvalue weighted by Crippen LogP contribution is 2.38. The first-order valence-corrected chi connectivity index (χ1v) is 11.4. The van der Waals surface area contributed by atoms with Gasteiger partial charge in [-0.05, 0) is 58.2 Å². The minimum atomic E-state index is 0.396. The third-order valence-electron chi connectivity index (χ3n) is 6.04. The van der Waals surface area contributed by atoms with Crippen LogP contribution in [0, 0.1) is 0 Å². The fourth-order valence-corrected chi connectivity index (χ4v) is 4.37. The van der Waals surface area contributed by atoms with E-state index in [0.29, 0.717) is 11.8 Å². The second-order valence-electron chi connectivity index (χ2n) is 8.81. The summed E-state index contributed by atoms with van der Waals surface area (Å²) in [4.78, 5) is 4.82. The van der Waals surface area contributed by atoms with E-state index in [9.17, 15) is 0 Å². The van der Waals surface area contributed by atoms with Crippen LogP contribution in [0.3, 0.4) is 0 Å². The monoisotopic (exact) mass is 408 g/mol. The number of aryl methyl sites for hydroxylation is 1. The van der Waals surface area contributed by atoms with Gasteiger partial charge in [0, 0.05) is 18.0 Å². The molecule has 0 radical (unpaired) electrons. The van der Waals surface area contributed by atoms with Crippen molar-refractivity contribution < 1.29 is 0 Å². The number of nitrogens with zero attached hydrogens (tertiary/aromatic N) is 2. The molecule has 0 saturated carbocycles. The van der Waals surface area contributed by atoms with Crippen LogP contribution in [-0.2, 0) is 6.42 Å². The first kappa shape index (κ1) is 21.1. The van der Waals surface area contributed by atoms with E-state index in [1.54, 1.807) is 0 Å². The molecule has 0 bridgehead atoms. The van der Waals surface area contributed by atoms with Crippen molar-refractivity contribution in [2.45, 2.75) is 52.9 Å². The number of rotatable bonds is 6. The van der Waals surface area contributed by atoms with Crippen molar-refractivity contribution in [3.8, 4) is 28.2 Å². The van der Waals surface area contributed by atoms with Gasteiger partial charge in [0.05, 0.1) is 5.69 Å². The van der Waals surface area contributed by atoms with Gasteiger partial charge >= 0.3 is 0 Å². The molecule has 4 rings (SSSR count). The van der Waals surface area contributed by atoms with E-state index in [4.69, 9.17) is 4.98 Å². The molecule has 2 heteroatoms. The lowest BCUT2D eigenvalue weighted by Gasteiger charge is -2.24. The molecule has 0 amide bonds. The van der Waals surface area contributed by atoms with E-state index in [0.717, 1.165) is 12.2 Å². The van der Waals surface area contributed by atoms with E-state index in [2.05, 4.69) is 112 Å². The molecule has 31 heavy (non-hydrogen) atoms. The second-order valence-corrected chi connectivity index (χ2v) is 8.81. The zero-order valence-corrected chi connectivity index (χ0v) is 19.3. The zero-order chi connectivity index (χ0) is 22.0. The van der Waals surface area contributed by atoms with Crippen molar-refractivity contribution in [2.24, 2.45) is 0 Å². The number of aromatic nitrogens is 2. The van der Waals surface area contributed by atoms with Crippen LogP contribution in [0.5, 0.6) is 0 Å². The summed E-state index contributed by atoms with van der Waals surface area (Å²) in [5, 5.41) is 0. The highest BCUT2D eigenvalue weighted by Gasteiger charge is 2.21. The Balaban J connectivity index is 1.99. The largest absolute Gasteiger partial charge is 0.299 e. The summed E-state index contributed by atoms with van der Waals surface area (Å²) < 4.78 is 2.31. The third-order valence-corrected chi connectivity index (χ3v) is 6.04. The molecule has 0 atom stereocenters. The molecule has 0 spiro atoms. The molecule has 0 unspecified atom stereocenters. The van der Waals surface area contributed by atoms with Crippen LogP contribution in [0.4, 0.5) is 0 Å². The summed E-state index contributed by atoms with van der Waals surface area (Å²) >= 11 is 0. The SMILES string of the molecule is CCc1ccccc1-c1nccn1-c1c(C(C)C)cc(-c2ccccc2)cc1C(C)C. The van der Waals surface area contributed by atoms with Gasteiger partial charge < -0.3 is 0 Å². The van der Waals surface area contributed by atoms with Gasteiger partial charge in [0.1, 0.15) is 5.82 Å². The average Bonchev–Trinajstić information content (AvgIpc) is 3.28. The predicted octanol–water partition coefficient (Wildman–Crippen LogP) is 8.02. The Morgan fingerprint density at radius 1 is 0.774 bits per heavy atom. The zero-order valence-electron chi connectivity index (χ0n) is 19.3. The van der Waals surface area contributed by atoms with E-state index < -0.39 is 0 Å². The molecule has 0 N–H and O–H groups in total.